The van der Waals surface area contributed by atoms with E-state index in [-0.39, 0.29) is 35.8 Å². The van der Waals surface area contributed by atoms with Crippen molar-refractivity contribution in [3.8, 4) is 0 Å². The Morgan fingerprint density at radius 3 is 2.91 bits per heavy atom. The van der Waals surface area contributed by atoms with E-state index < -0.39 is 15.8 Å². The van der Waals surface area contributed by atoms with E-state index in [0.717, 1.165) is 5.56 Å². The molecule has 3 heterocycles. The molecule has 1 N–H and O–H groups in total. The first kappa shape index (κ1) is 15.1. The van der Waals surface area contributed by atoms with Crippen molar-refractivity contribution in [3.63, 3.8) is 0 Å². The van der Waals surface area contributed by atoms with Crippen LogP contribution in [0.1, 0.15) is 18.4 Å². The number of hydrogen-bond donors (Lipinski definition) is 1. The predicted molar refractivity (Wildman–Crippen MR) is 77.4 cm³/mol. The number of rotatable bonds is 4. The van der Waals surface area contributed by atoms with Crippen LogP contribution in [0.2, 0.25) is 0 Å². The van der Waals surface area contributed by atoms with Crippen LogP contribution in [0, 0.1) is 5.92 Å². The molecule has 2 saturated heterocycles. The van der Waals surface area contributed by atoms with Crippen molar-refractivity contribution in [2.24, 2.45) is 5.92 Å². The monoisotopic (exact) mass is 326 g/mol. The zero-order valence-corrected chi connectivity index (χ0v) is 12.8. The number of amides is 2. The summed E-state index contributed by atoms with van der Waals surface area (Å²) in [6.07, 6.45) is 3.70. The smallest absolute Gasteiger partial charge is 0.225 e. The van der Waals surface area contributed by atoms with Gasteiger partial charge in [-0.2, -0.15) is 0 Å². The lowest BCUT2D eigenvalue weighted by atomic mass is 10.1. The highest BCUT2D eigenvalue weighted by atomic mass is 32.2. The highest BCUT2D eigenvalue weighted by Crippen LogP contribution is 2.26. The van der Waals surface area contributed by atoms with Crippen LogP contribution in [-0.4, -0.2) is 49.2 Å². The topological polar surface area (TPSA) is 96.7 Å². The summed E-state index contributed by atoms with van der Waals surface area (Å²) in [4.78, 5) is 25.8. The average Bonchev–Trinajstić information content (AvgIpc) is 3.16. The summed E-state index contributed by atoms with van der Waals surface area (Å²) in [5, 5.41) is 2.78. The van der Waals surface area contributed by atoms with Gasteiger partial charge in [0, 0.05) is 31.1 Å². The van der Waals surface area contributed by atoms with E-state index in [1.165, 1.54) is 6.26 Å². The molecule has 1 aromatic rings. The normalized spacial score (nSPS) is 27.3. The lowest BCUT2D eigenvalue weighted by Crippen LogP contribution is -2.38. The Morgan fingerprint density at radius 1 is 1.45 bits per heavy atom. The second kappa shape index (κ2) is 5.75. The van der Waals surface area contributed by atoms with Crippen molar-refractivity contribution in [1.82, 2.24) is 10.2 Å². The highest BCUT2D eigenvalue weighted by Gasteiger charge is 2.41. The Balaban J connectivity index is 1.56. The van der Waals surface area contributed by atoms with Gasteiger partial charge in [0.25, 0.3) is 0 Å². The Bertz CT molecular complexity index is 667. The minimum absolute atomic E-state index is 0.0160. The molecule has 7 nitrogen and oxygen atoms in total. The average molecular weight is 326 g/mol. The molecule has 0 aliphatic carbocycles. The minimum atomic E-state index is -3.04. The Kier molecular flexibility index (Phi) is 3.94. The van der Waals surface area contributed by atoms with Crippen molar-refractivity contribution in [3.05, 3.63) is 24.2 Å². The third-order valence-electron chi connectivity index (χ3n) is 4.23. The molecule has 0 bridgehead atoms. The standard InChI is InChI=1S/C14H18N2O5S/c17-13-5-11(14(18)15-6-10-1-3-21-8-10)7-16(13)12-2-4-22(19,20)9-12/h1,3,8,11-12H,2,4-7,9H2,(H,15,18)/t11-,12+/m0/s1. The van der Waals surface area contributed by atoms with Gasteiger partial charge >= 0.3 is 0 Å². The van der Waals surface area contributed by atoms with Crippen molar-refractivity contribution < 1.29 is 22.4 Å². The third-order valence-corrected chi connectivity index (χ3v) is 5.98. The fraction of sp³-hybridized carbons (Fsp3) is 0.571. The third kappa shape index (κ3) is 3.16. The van der Waals surface area contributed by atoms with Gasteiger partial charge in [-0.15, -0.1) is 0 Å². The largest absolute Gasteiger partial charge is 0.472 e. The van der Waals surface area contributed by atoms with Crippen LogP contribution in [0.15, 0.2) is 23.0 Å². The molecular weight excluding hydrogens is 308 g/mol. The van der Waals surface area contributed by atoms with Gasteiger partial charge in [-0.05, 0) is 12.5 Å². The summed E-state index contributed by atoms with van der Waals surface area (Å²) in [6.45, 7) is 0.661. The molecule has 8 heteroatoms. The molecule has 0 unspecified atom stereocenters. The fourth-order valence-electron chi connectivity index (χ4n) is 3.01. The Labute approximate surface area is 128 Å². The molecular formula is C14H18N2O5S. The van der Waals surface area contributed by atoms with Crippen LogP contribution >= 0.6 is 0 Å². The zero-order chi connectivity index (χ0) is 15.7. The number of nitrogens with zero attached hydrogens (tertiary/aromatic N) is 1. The van der Waals surface area contributed by atoms with Gasteiger partial charge in [0.2, 0.25) is 11.8 Å². The number of likely N-dealkylation sites (tertiary alicyclic amines) is 1. The summed E-state index contributed by atoms with van der Waals surface area (Å²) in [5.74, 6) is -0.591. The van der Waals surface area contributed by atoms with Crippen LogP contribution in [0.3, 0.4) is 0 Å². The van der Waals surface area contributed by atoms with Crippen LogP contribution in [0.25, 0.3) is 0 Å². The summed E-state index contributed by atoms with van der Waals surface area (Å²) >= 11 is 0. The lowest BCUT2D eigenvalue weighted by Gasteiger charge is -2.22. The molecule has 2 fully saturated rings. The highest BCUT2D eigenvalue weighted by molar-refractivity contribution is 7.91. The molecule has 2 atom stereocenters. The summed E-state index contributed by atoms with van der Waals surface area (Å²) in [5.41, 5.74) is 0.858. The first-order valence-electron chi connectivity index (χ1n) is 7.23. The molecule has 2 aliphatic rings. The van der Waals surface area contributed by atoms with Crippen molar-refractivity contribution in [2.45, 2.75) is 25.4 Å². The molecule has 1 aromatic heterocycles. The van der Waals surface area contributed by atoms with Gasteiger partial charge in [-0.25, -0.2) is 8.42 Å². The maximum Gasteiger partial charge on any atom is 0.225 e. The fourth-order valence-corrected chi connectivity index (χ4v) is 4.74. The quantitative estimate of drug-likeness (QED) is 0.835. The van der Waals surface area contributed by atoms with Gasteiger partial charge in [0.1, 0.15) is 0 Å². The molecule has 0 saturated carbocycles. The van der Waals surface area contributed by atoms with Gasteiger partial charge < -0.3 is 14.6 Å². The van der Waals surface area contributed by atoms with Crippen LogP contribution in [0.4, 0.5) is 0 Å². The number of sulfone groups is 1. The summed E-state index contributed by atoms with van der Waals surface area (Å²) in [6, 6.07) is 1.49. The Morgan fingerprint density at radius 2 is 2.27 bits per heavy atom. The van der Waals surface area contributed by atoms with Gasteiger partial charge in [0.15, 0.2) is 9.84 Å². The number of hydrogen-bond acceptors (Lipinski definition) is 5. The van der Waals surface area contributed by atoms with Crippen molar-refractivity contribution >= 4 is 21.7 Å². The second-order valence-corrected chi connectivity index (χ2v) is 8.08. The van der Waals surface area contributed by atoms with E-state index in [2.05, 4.69) is 5.32 Å². The van der Waals surface area contributed by atoms with Crippen LogP contribution in [0.5, 0.6) is 0 Å². The van der Waals surface area contributed by atoms with E-state index in [1.54, 1.807) is 17.2 Å². The maximum atomic E-state index is 12.1. The molecule has 0 spiro atoms. The minimum Gasteiger partial charge on any atom is -0.472 e. The molecule has 0 aromatic carbocycles. The molecule has 22 heavy (non-hydrogen) atoms. The van der Waals surface area contributed by atoms with Gasteiger partial charge in [0.05, 0.1) is 29.9 Å². The zero-order valence-electron chi connectivity index (χ0n) is 12.0. The summed E-state index contributed by atoms with van der Waals surface area (Å²) < 4.78 is 28.0. The van der Waals surface area contributed by atoms with Gasteiger partial charge in [-0.3, -0.25) is 9.59 Å². The van der Waals surface area contributed by atoms with E-state index in [1.807, 2.05) is 0 Å². The number of furan rings is 1. The molecule has 0 radical (unpaired) electrons. The number of carbonyl (C=O) groups excluding carboxylic acids is 2. The molecule has 3 rings (SSSR count). The SMILES string of the molecule is O=C(NCc1ccoc1)[C@H]1CC(=O)N([C@@H]2CCS(=O)(=O)C2)C1. The Hall–Kier alpha value is -1.83. The van der Waals surface area contributed by atoms with Gasteiger partial charge in [-0.1, -0.05) is 0 Å². The predicted octanol–water partition coefficient (Wildman–Crippen LogP) is -0.0686. The number of nitrogens with one attached hydrogen (secondary N) is 1. The van der Waals surface area contributed by atoms with Crippen molar-refractivity contribution in [1.29, 1.82) is 0 Å². The molecule has 2 aliphatic heterocycles. The van der Waals surface area contributed by atoms with Crippen molar-refractivity contribution in [2.75, 3.05) is 18.1 Å². The first-order valence-corrected chi connectivity index (χ1v) is 9.05. The summed E-state index contributed by atoms with van der Waals surface area (Å²) in [7, 11) is -3.04. The maximum absolute atomic E-state index is 12.1. The second-order valence-electron chi connectivity index (χ2n) is 5.85. The van der Waals surface area contributed by atoms with E-state index in [4.69, 9.17) is 4.42 Å². The van der Waals surface area contributed by atoms with Crippen LogP contribution in [-0.2, 0) is 26.0 Å². The first-order chi connectivity index (χ1) is 10.4. The van der Waals surface area contributed by atoms with Crippen LogP contribution < -0.4 is 5.32 Å². The van der Waals surface area contributed by atoms with E-state index in [9.17, 15) is 18.0 Å². The molecule has 120 valence electrons. The lowest BCUT2D eigenvalue weighted by molar-refractivity contribution is -0.130. The number of carbonyl (C=O) groups is 2. The molecule has 2 amide bonds. The van der Waals surface area contributed by atoms with E-state index >= 15 is 0 Å². The van der Waals surface area contributed by atoms with E-state index in [0.29, 0.717) is 19.5 Å².